The van der Waals surface area contributed by atoms with Crippen LogP contribution in [0.25, 0.3) is 0 Å². The summed E-state index contributed by atoms with van der Waals surface area (Å²) in [5.74, 6) is 0.861. The summed E-state index contributed by atoms with van der Waals surface area (Å²) in [6.07, 6.45) is 32.2. The molecule has 1 heteroatoms. The average Bonchev–Trinajstić information content (AvgIpc) is 2.72. The molecule has 0 aliphatic rings. The largest absolute Gasteiger partial charge is 0.328 e. The summed E-state index contributed by atoms with van der Waals surface area (Å²) in [5.41, 5.74) is 0. The first-order chi connectivity index (χ1) is 15.0. The van der Waals surface area contributed by atoms with Gasteiger partial charge in [-0.2, -0.15) is 0 Å². The lowest BCUT2D eigenvalue weighted by atomic mass is 10.0. The molecule has 0 aromatic carbocycles. The van der Waals surface area contributed by atoms with Crippen LogP contribution in [0, 0.1) is 5.92 Å². The molecule has 0 saturated carbocycles. The van der Waals surface area contributed by atoms with Gasteiger partial charge in [-0.3, -0.25) is 0 Å². The van der Waals surface area contributed by atoms with Crippen molar-refractivity contribution in [1.82, 2.24) is 0 Å². The Balaban J connectivity index is 3.18. The summed E-state index contributed by atoms with van der Waals surface area (Å²) in [6, 6.07) is 0. The van der Waals surface area contributed by atoms with Crippen LogP contribution in [0.5, 0.6) is 0 Å². The molecule has 0 N–H and O–H groups in total. The van der Waals surface area contributed by atoms with Gasteiger partial charge in [0, 0.05) is 0 Å². The van der Waals surface area contributed by atoms with Crippen LogP contribution in [-0.4, -0.2) is 31.7 Å². The Kier molecular flexibility index (Phi) is 23.1. The van der Waals surface area contributed by atoms with Crippen molar-refractivity contribution in [2.75, 3.05) is 27.2 Å². The molecule has 0 aromatic heterocycles. The van der Waals surface area contributed by atoms with E-state index < -0.39 is 0 Å². The summed E-state index contributed by atoms with van der Waals surface area (Å²) < 4.78 is 1.23. The second kappa shape index (κ2) is 23.1. The van der Waals surface area contributed by atoms with Crippen molar-refractivity contribution in [3.63, 3.8) is 0 Å². The van der Waals surface area contributed by atoms with E-state index in [9.17, 15) is 0 Å². The standard InChI is InChI=1S/C30H64N/c1-6-7-8-9-10-11-12-13-14-15-16-17-18-19-20-21-22-23-24-25-28-31(4,5)29-26-27-30(2)3/h30H,6-29H2,1-5H3/q+1. The number of nitrogens with zero attached hydrogens (tertiary/aromatic N) is 1. The molecule has 1 nitrogen and oxygen atoms in total. The van der Waals surface area contributed by atoms with Gasteiger partial charge in [0.2, 0.25) is 0 Å². The van der Waals surface area contributed by atoms with Gasteiger partial charge in [0.1, 0.15) is 0 Å². The molecule has 0 aliphatic carbocycles. The van der Waals surface area contributed by atoms with E-state index in [-0.39, 0.29) is 0 Å². The Morgan fingerprint density at radius 1 is 0.419 bits per heavy atom. The predicted octanol–water partition coefficient (Wildman–Crippen LogP) is 10.3. The smallest absolute Gasteiger partial charge is 0.0782 e. The maximum atomic E-state index is 2.43. The number of hydrogen-bond donors (Lipinski definition) is 0. The van der Waals surface area contributed by atoms with Crippen molar-refractivity contribution in [2.24, 2.45) is 5.92 Å². The fourth-order valence-corrected chi connectivity index (χ4v) is 4.83. The van der Waals surface area contributed by atoms with Crippen molar-refractivity contribution in [1.29, 1.82) is 0 Å². The zero-order chi connectivity index (χ0) is 23.0. The average molecular weight is 439 g/mol. The minimum Gasteiger partial charge on any atom is -0.328 e. The molecule has 0 unspecified atom stereocenters. The van der Waals surface area contributed by atoms with Crippen LogP contribution >= 0.6 is 0 Å². The van der Waals surface area contributed by atoms with Crippen LogP contribution in [0.2, 0.25) is 0 Å². The van der Waals surface area contributed by atoms with Crippen LogP contribution in [0.1, 0.15) is 162 Å². The van der Waals surface area contributed by atoms with Crippen molar-refractivity contribution in [3.05, 3.63) is 0 Å². The van der Waals surface area contributed by atoms with E-state index in [4.69, 9.17) is 0 Å². The van der Waals surface area contributed by atoms with Gasteiger partial charge < -0.3 is 4.48 Å². The van der Waals surface area contributed by atoms with Crippen LogP contribution < -0.4 is 0 Å². The molecule has 0 amide bonds. The van der Waals surface area contributed by atoms with E-state index in [1.165, 1.54) is 159 Å². The van der Waals surface area contributed by atoms with Gasteiger partial charge in [0.15, 0.2) is 0 Å². The Bertz CT molecular complexity index is 333. The van der Waals surface area contributed by atoms with Crippen LogP contribution in [0.3, 0.4) is 0 Å². The first-order valence-electron chi connectivity index (χ1n) is 14.8. The predicted molar refractivity (Wildman–Crippen MR) is 144 cm³/mol. The summed E-state index contributed by atoms with van der Waals surface area (Å²) in [5, 5.41) is 0. The summed E-state index contributed by atoms with van der Waals surface area (Å²) in [7, 11) is 4.85. The quantitative estimate of drug-likeness (QED) is 0.0981. The third-order valence-corrected chi connectivity index (χ3v) is 7.16. The van der Waals surface area contributed by atoms with Crippen molar-refractivity contribution in [2.45, 2.75) is 162 Å². The molecule has 188 valence electrons. The molecular formula is C30H64N+. The summed E-state index contributed by atoms with van der Waals surface area (Å²) in [4.78, 5) is 0. The lowest BCUT2D eigenvalue weighted by Gasteiger charge is -2.30. The summed E-state index contributed by atoms with van der Waals surface area (Å²) in [6.45, 7) is 9.73. The SMILES string of the molecule is CCCCCCCCCCCCCCCCCCCCCC[N+](C)(C)CCCC(C)C. The highest BCUT2D eigenvalue weighted by molar-refractivity contribution is 4.51. The molecular weight excluding hydrogens is 374 g/mol. The molecule has 0 spiro atoms. The van der Waals surface area contributed by atoms with E-state index in [0.29, 0.717) is 0 Å². The second-order valence-electron chi connectivity index (χ2n) is 11.6. The molecule has 0 aliphatic heterocycles. The van der Waals surface area contributed by atoms with E-state index >= 15 is 0 Å². The van der Waals surface area contributed by atoms with Crippen molar-refractivity contribution >= 4 is 0 Å². The van der Waals surface area contributed by atoms with E-state index in [1.807, 2.05) is 0 Å². The molecule has 0 rings (SSSR count). The van der Waals surface area contributed by atoms with Crippen molar-refractivity contribution in [3.8, 4) is 0 Å². The molecule has 0 saturated heterocycles. The minimum absolute atomic E-state index is 0.861. The Morgan fingerprint density at radius 2 is 0.710 bits per heavy atom. The highest BCUT2D eigenvalue weighted by Gasteiger charge is 2.13. The number of quaternary nitrogens is 1. The van der Waals surface area contributed by atoms with E-state index in [1.54, 1.807) is 0 Å². The maximum absolute atomic E-state index is 2.43. The van der Waals surface area contributed by atoms with Gasteiger partial charge in [0.05, 0.1) is 27.2 Å². The highest BCUT2D eigenvalue weighted by atomic mass is 15.3. The van der Waals surface area contributed by atoms with E-state index in [2.05, 4.69) is 34.9 Å². The first-order valence-corrected chi connectivity index (χ1v) is 14.8. The van der Waals surface area contributed by atoms with Crippen LogP contribution in [0.4, 0.5) is 0 Å². The lowest BCUT2D eigenvalue weighted by molar-refractivity contribution is -0.890. The van der Waals surface area contributed by atoms with Gasteiger partial charge in [-0.25, -0.2) is 0 Å². The molecule has 0 atom stereocenters. The van der Waals surface area contributed by atoms with Gasteiger partial charge in [-0.1, -0.05) is 136 Å². The van der Waals surface area contributed by atoms with Crippen molar-refractivity contribution < 1.29 is 4.48 Å². The van der Waals surface area contributed by atoms with Crippen LogP contribution in [0.15, 0.2) is 0 Å². The monoisotopic (exact) mass is 439 g/mol. The molecule has 0 bridgehead atoms. The second-order valence-corrected chi connectivity index (χ2v) is 11.6. The highest BCUT2D eigenvalue weighted by Crippen LogP contribution is 2.15. The molecule has 0 aromatic rings. The third kappa shape index (κ3) is 26.1. The Hall–Kier alpha value is -0.0400. The molecule has 0 heterocycles. The number of rotatable bonds is 25. The Morgan fingerprint density at radius 3 is 1.03 bits per heavy atom. The topological polar surface area (TPSA) is 0 Å². The van der Waals surface area contributed by atoms with Gasteiger partial charge in [0.25, 0.3) is 0 Å². The molecule has 0 radical (unpaired) electrons. The zero-order valence-electron chi connectivity index (χ0n) is 23.0. The fourth-order valence-electron chi connectivity index (χ4n) is 4.83. The normalized spacial score (nSPS) is 12.2. The molecule has 31 heavy (non-hydrogen) atoms. The van der Waals surface area contributed by atoms with Gasteiger partial charge >= 0.3 is 0 Å². The zero-order valence-corrected chi connectivity index (χ0v) is 23.0. The van der Waals surface area contributed by atoms with Gasteiger partial charge in [-0.15, -0.1) is 0 Å². The maximum Gasteiger partial charge on any atom is 0.0782 e. The Labute approximate surface area is 199 Å². The molecule has 0 fully saturated rings. The fraction of sp³-hybridized carbons (Fsp3) is 1.00. The van der Waals surface area contributed by atoms with Gasteiger partial charge in [-0.05, 0) is 31.6 Å². The van der Waals surface area contributed by atoms with E-state index in [0.717, 1.165) is 5.92 Å². The number of hydrogen-bond acceptors (Lipinski definition) is 0. The minimum atomic E-state index is 0.861. The number of unbranched alkanes of at least 4 members (excludes halogenated alkanes) is 19. The third-order valence-electron chi connectivity index (χ3n) is 7.16. The summed E-state index contributed by atoms with van der Waals surface area (Å²) >= 11 is 0. The first kappa shape index (κ1) is 31.0. The lowest BCUT2D eigenvalue weighted by Crippen LogP contribution is -2.41. The van der Waals surface area contributed by atoms with Crippen LogP contribution in [-0.2, 0) is 0 Å².